The molecule has 0 saturated carbocycles. The highest BCUT2D eigenvalue weighted by Gasteiger charge is 2.45. The van der Waals surface area contributed by atoms with Crippen molar-refractivity contribution in [3.63, 3.8) is 0 Å². The summed E-state index contributed by atoms with van der Waals surface area (Å²) in [6.07, 6.45) is -14.7. The van der Waals surface area contributed by atoms with Crippen LogP contribution < -0.4 is 0 Å². The van der Waals surface area contributed by atoms with E-state index in [9.17, 15) is 35.4 Å². The Labute approximate surface area is 119 Å². The van der Waals surface area contributed by atoms with Crippen LogP contribution in [0, 0.1) is 0 Å². The van der Waals surface area contributed by atoms with Crippen LogP contribution in [0.2, 0.25) is 0 Å². The van der Waals surface area contributed by atoms with Crippen LogP contribution in [0.4, 0.5) is 0 Å². The van der Waals surface area contributed by atoms with Crippen LogP contribution in [0.15, 0.2) is 0 Å². The van der Waals surface area contributed by atoms with E-state index in [2.05, 4.69) is 0 Å². The molecule has 0 aromatic rings. The number of ether oxygens (including phenoxy) is 1. The molecular weight excluding hydrogens is 292 g/mol. The molecule has 10 heteroatoms. The molecule has 1 aliphatic rings. The molecule has 0 spiro atoms. The summed E-state index contributed by atoms with van der Waals surface area (Å²) in [7, 11) is 0. The Morgan fingerprint density at radius 1 is 1.10 bits per heavy atom. The van der Waals surface area contributed by atoms with Crippen LogP contribution in [0.3, 0.4) is 0 Å². The lowest BCUT2D eigenvalue weighted by Crippen LogP contribution is -2.60. The van der Waals surface area contributed by atoms with E-state index >= 15 is 0 Å². The number of ketones is 1. The van der Waals surface area contributed by atoms with Crippen molar-refractivity contribution in [2.75, 3.05) is 13.2 Å². The van der Waals surface area contributed by atoms with Gasteiger partial charge in [-0.05, 0) is 0 Å². The second-order valence-corrected chi connectivity index (χ2v) is 4.88. The molecule has 1 saturated heterocycles. The minimum Gasteiger partial charge on any atom is -0.394 e. The first-order valence-corrected chi connectivity index (χ1v) is 6.25. The fraction of sp³-hybridized carbons (Fsp3) is 0.909. The van der Waals surface area contributed by atoms with Crippen molar-refractivity contribution in [3.8, 4) is 0 Å². The molecule has 124 valence electrons. The molecule has 8 N–H and O–H groups in total. The summed E-state index contributed by atoms with van der Waals surface area (Å²) >= 11 is 0. The SMILES string of the molecule is O=C(C(O)C1OC[C@@H](O)[C@H](O)[C@H]1O)[C@H](O)[C@H](O)[C@H](O)CO. The zero-order valence-corrected chi connectivity index (χ0v) is 10.9. The van der Waals surface area contributed by atoms with Gasteiger partial charge in [0, 0.05) is 0 Å². The lowest BCUT2D eigenvalue weighted by molar-refractivity contribution is -0.213. The first-order valence-electron chi connectivity index (χ1n) is 6.25. The van der Waals surface area contributed by atoms with E-state index in [0.29, 0.717) is 0 Å². The topological polar surface area (TPSA) is 188 Å². The normalized spacial score (nSPS) is 35.8. The lowest BCUT2D eigenvalue weighted by Gasteiger charge is -2.37. The molecule has 0 aromatic carbocycles. The molecule has 10 nitrogen and oxygen atoms in total. The van der Waals surface area contributed by atoms with Crippen molar-refractivity contribution >= 4 is 5.78 Å². The molecule has 1 aliphatic heterocycles. The Morgan fingerprint density at radius 3 is 2.19 bits per heavy atom. The maximum atomic E-state index is 11.7. The minimum atomic E-state index is -2.23. The van der Waals surface area contributed by atoms with Crippen LogP contribution in [-0.2, 0) is 9.53 Å². The summed E-state index contributed by atoms with van der Waals surface area (Å²) in [6.45, 7) is -1.37. The van der Waals surface area contributed by atoms with Gasteiger partial charge in [-0.15, -0.1) is 0 Å². The van der Waals surface area contributed by atoms with E-state index in [4.69, 9.17) is 14.9 Å². The standard InChI is InChI=1S/C11H20O10/c12-1-3(13)5(15)7(17)8(18)10(20)11-9(19)6(16)4(14)2-21-11/h3-7,9-17,19-20H,1-2H2/t3-,4-,5-,6+,7-,9-,10?,11?/m1/s1. The van der Waals surface area contributed by atoms with Gasteiger partial charge in [-0.3, -0.25) is 4.79 Å². The van der Waals surface area contributed by atoms with Crippen molar-refractivity contribution in [3.05, 3.63) is 0 Å². The molecule has 0 radical (unpaired) electrons. The fourth-order valence-corrected chi connectivity index (χ4v) is 1.93. The molecular formula is C11H20O10. The van der Waals surface area contributed by atoms with Crippen LogP contribution >= 0.6 is 0 Å². The van der Waals surface area contributed by atoms with Gasteiger partial charge in [-0.2, -0.15) is 0 Å². The van der Waals surface area contributed by atoms with Gasteiger partial charge in [0.1, 0.15) is 48.8 Å². The second kappa shape index (κ2) is 7.54. The van der Waals surface area contributed by atoms with Crippen LogP contribution in [-0.4, -0.2) is 109 Å². The van der Waals surface area contributed by atoms with Gasteiger partial charge in [0.2, 0.25) is 0 Å². The largest absolute Gasteiger partial charge is 0.394 e. The van der Waals surface area contributed by atoms with E-state index in [1.165, 1.54) is 0 Å². The summed E-state index contributed by atoms with van der Waals surface area (Å²) < 4.78 is 4.84. The molecule has 0 amide bonds. The summed E-state index contributed by atoms with van der Waals surface area (Å²) in [5, 5.41) is 74.7. The predicted octanol–water partition coefficient (Wildman–Crippen LogP) is -5.53. The van der Waals surface area contributed by atoms with Gasteiger partial charge in [0.05, 0.1) is 13.2 Å². The summed E-state index contributed by atoms with van der Waals surface area (Å²) in [5.74, 6) is -1.37. The van der Waals surface area contributed by atoms with Gasteiger partial charge >= 0.3 is 0 Å². The number of rotatable bonds is 6. The maximum Gasteiger partial charge on any atom is 0.195 e. The lowest BCUT2D eigenvalue weighted by atomic mass is 9.91. The highest BCUT2D eigenvalue weighted by molar-refractivity contribution is 5.88. The van der Waals surface area contributed by atoms with Crippen LogP contribution in [0.5, 0.6) is 0 Å². The molecule has 0 aromatic heterocycles. The number of aliphatic hydroxyl groups is 8. The Bertz CT molecular complexity index is 350. The zero-order chi connectivity index (χ0) is 16.3. The number of hydrogen-bond acceptors (Lipinski definition) is 10. The van der Waals surface area contributed by atoms with E-state index in [1.54, 1.807) is 0 Å². The highest BCUT2D eigenvalue weighted by Crippen LogP contribution is 2.20. The first kappa shape index (κ1) is 18.4. The van der Waals surface area contributed by atoms with Crippen molar-refractivity contribution in [2.24, 2.45) is 0 Å². The molecule has 21 heavy (non-hydrogen) atoms. The Kier molecular flexibility index (Phi) is 6.59. The van der Waals surface area contributed by atoms with Crippen molar-refractivity contribution < 1.29 is 50.4 Å². The van der Waals surface area contributed by atoms with Crippen molar-refractivity contribution in [1.82, 2.24) is 0 Å². The van der Waals surface area contributed by atoms with E-state index in [1.807, 2.05) is 0 Å². The zero-order valence-electron chi connectivity index (χ0n) is 10.9. The van der Waals surface area contributed by atoms with Crippen molar-refractivity contribution in [2.45, 2.75) is 48.8 Å². The minimum absolute atomic E-state index is 0.453. The molecule has 1 rings (SSSR count). The molecule has 8 atom stereocenters. The molecule has 2 unspecified atom stereocenters. The fourth-order valence-electron chi connectivity index (χ4n) is 1.93. The average Bonchev–Trinajstić information content (AvgIpc) is 2.49. The Hall–Kier alpha value is -0.690. The monoisotopic (exact) mass is 312 g/mol. The molecule has 0 bridgehead atoms. The van der Waals surface area contributed by atoms with E-state index in [-0.39, 0.29) is 0 Å². The summed E-state index contributed by atoms with van der Waals surface area (Å²) in [6, 6.07) is 0. The number of Topliss-reactive ketones (excluding diaryl/α,β-unsaturated/α-hetero) is 1. The predicted molar refractivity (Wildman–Crippen MR) is 63.9 cm³/mol. The van der Waals surface area contributed by atoms with E-state index in [0.717, 1.165) is 0 Å². The average molecular weight is 312 g/mol. The van der Waals surface area contributed by atoms with Crippen LogP contribution in [0.1, 0.15) is 0 Å². The van der Waals surface area contributed by atoms with Crippen molar-refractivity contribution in [1.29, 1.82) is 0 Å². The third-order valence-corrected chi connectivity index (χ3v) is 3.34. The van der Waals surface area contributed by atoms with Gasteiger partial charge in [-0.1, -0.05) is 0 Å². The summed E-state index contributed by atoms with van der Waals surface area (Å²) in [4.78, 5) is 11.7. The first-order chi connectivity index (χ1) is 9.72. The highest BCUT2D eigenvalue weighted by atomic mass is 16.5. The number of carbonyl (C=O) groups is 1. The summed E-state index contributed by atoms with van der Waals surface area (Å²) in [5.41, 5.74) is 0. The molecule has 0 aliphatic carbocycles. The number of hydrogen-bond donors (Lipinski definition) is 8. The number of aliphatic hydroxyl groups excluding tert-OH is 8. The van der Waals surface area contributed by atoms with Crippen LogP contribution in [0.25, 0.3) is 0 Å². The van der Waals surface area contributed by atoms with E-state index < -0.39 is 67.8 Å². The Morgan fingerprint density at radius 2 is 1.67 bits per heavy atom. The van der Waals surface area contributed by atoms with Gasteiger partial charge < -0.3 is 45.6 Å². The van der Waals surface area contributed by atoms with Gasteiger partial charge in [-0.25, -0.2) is 0 Å². The maximum absolute atomic E-state index is 11.7. The Balaban J connectivity index is 2.73. The van der Waals surface area contributed by atoms with Gasteiger partial charge in [0.15, 0.2) is 5.78 Å². The molecule has 1 heterocycles. The molecule has 1 fully saturated rings. The van der Waals surface area contributed by atoms with Gasteiger partial charge in [0.25, 0.3) is 0 Å². The second-order valence-electron chi connectivity index (χ2n) is 4.88. The smallest absolute Gasteiger partial charge is 0.195 e. The third-order valence-electron chi connectivity index (χ3n) is 3.34. The number of carbonyl (C=O) groups excluding carboxylic acids is 1. The third kappa shape index (κ3) is 3.94. The quantitative estimate of drug-likeness (QED) is 0.235.